The monoisotopic (exact) mass is 337 g/mol. The minimum Gasteiger partial charge on any atom is -0.495 e. The topological polar surface area (TPSA) is 77.3 Å². The van der Waals surface area contributed by atoms with E-state index in [2.05, 4.69) is 10.3 Å². The standard InChI is InChI=1S/C19H19N3O3/c1-11-9-12(2)19(22(23)24)17-15(10-13(3)20-18(11)17)21-14-7-5-6-8-16(14)25-4/h5-10H,1-4H3,(H,20,21). The first-order valence-corrected chi connectivity index (χ1v) is 7.88. The van der Waals surface area contributed by atoms with Crippen LogP contribution in [-0.2, 0) is 0 Å². The molecule has 0 spiro atoms. The Labute approximate surface area is 145 Å². The number of nitrogens with zero attached hydrogens (tertiary/aromatic N) is 2. The molecule has 0 aliphatic heterocycles. The smallest absolute Gasteiger partial charge is 0.283 e. The Hall–Kier alpha value is -3.15. The molecule has 3 aromatic rings. The number of aryl methyl sites for hydroxylation is 3. The maximum Gasteiger partial charge on any atom is 0.283 e. The van der Waals surface area contributed by atoms with Crippen LogP contribution >= 0.6 is 0 Å². The maximum absolute atomic E-state index is 11.7. The minimum absolute atomic E-state index is 0.0745. The lowest BCUT2D eigenvalue weighted by Gasteiger charge is -2.15. The highest BCUT2D eigenvalue weighted by Crippen LogP contribution is 2.39. The average Bonchev–Trinajstić information content (AvgIpc) is 2.56. The second-order valence-electron chi connectivity index (χ2n) is 5.98. The van der Waals surface area contributed by atoms with E-state index in [4.69, 9.17) is 4.74 Å². The van der Waals surface area contributed by atoms with E-state index in [0.717, 1.165) is 16.9 Å². The number of anilines is 2. The van der Waals surface area contributed by atoms with Crippen LogP contribution in [0.4, 0.5) is 17.1 Å². The van der Waals surface area contributed by atoms with Crippen molar-refractivity contribution in [2.75, 3.05) is 12.4 Å². The van der Waals surface area contributed by atoms with Crippen LogP contribution in [0.5, 0.6) is 5.75 Å². The van der Waals surface area contributed by atoms with Crippen molar-refractivity contribution < 1.29 is 9.66 Å². The fourth-order valence-corrected chi connectivity index (χ4v) is 3.08. The van der Waals surface area contributed by atoms with E-state index in [1.54, 1.807) is 20.1 Å². The van der Waals surface area contributed by atoms with Crippen LogP contribution in [0.1, 0.15) is 16.8 Å². The normalized spacial score (nSPS) is 10.7. The van der Waals surface area contributed by atoms with Gasteiger partial charge >= 0.3 is 0 Å². The van der Waals surface area contributed by atoms with Gasteiger partial charge in [0, 0.05) is 11.3 Å². The molecule has 0 bridgehead atoms. The van der Waals surface area contributed by atoms with Gasteiger partial charge in [0.15, 0.2) is 0 Å². The summed E-state index contributed by atoms with van der Waals surface area (Å²) in [6.45, 7) is 5.54. The second kappa shape index (κ2) is 6.39. The Kier molecular flexibility index (Phi) is 4.27. The second-order valence-corrected chi connectivity index (χ2v) is 5.98. The van der Waals surface area contributed by atoms with Crippen LogP contribution in [0.2, 0.25) is 0 Å². The summed E-state index contributed by atoms with van der Waals surface area (Å²) in [6.07, 6.45) is 0. The number of hydrogen-bond donors (Lipinski definition) is 1. The summed E-state index contributed by atoms with van der Waals surface area (Å²) in [5.74, 6) is 0.664. The summed E-state index contributed by atoms with van der Waals surface area (Å²) >= 11 is 0. The fraction of sp³-hybridized carbons (Fsp3) is 0.211. The van der Waals surface area contributed by atoms with Crippen molar-refractivity contribution in [2.24, 2.45) is 0 Å². The molecule has 0 aliphatic carbocycles. The Morgan fingerprint density at radius 1 is 1.08 bits per heavy atom. The van der Waals surface area contributed by atoms with Crippen LogP contribution in [0, 0.1) is 30.9 Å². The molecule has 1 N–H and O–H groups in total. The molecule has 0 saturated heterocycles. The number of ether oxygens (including phenoxy) is 1. The number of rotatable bonds is 4. The van der Waals surface area contributed by atoms with Gasteiger partial charge in [-0.15, -0.1) is 0 Å². The van der Waals surface area contributed by atoms with E-state index < -0.39 is 0 Å². The number of nitro groups is 1. The molecule has 128 valence electrons. The first-order chi connectivity index (χ1) is 11.9. The van der Waals surface area contributed by atoms with Gasteiger partial charge in [-0.3, -0.25) is 15.1 Å². The van der Waals surface area contributed by atoms with E-state index in [-0.39, 0.29) is 10.6 Å². The van der Waals surface area contributed by atoms with Gasteiger partial charge in [0.1, 0.15) is 11.1 Å². The summed E-state index contributed by atoms with van der Waals surface area (Å²) in [5.41, 5.74) is 4.40. The Bertz CT molecular complexity index is 983. The van der Waals surface area contributed by atoms with Crippen LogP contribution in [0.3, 0.4) is 0 Å². The summed E-state index contributed by atoms with van der Waals surface area (Å²) < 4.78 is 5.37. The quantitative estimate of drug-likeness (QED) is 0.545. The highest BCUT2D eigenvalue weighted by atomic mass is 16.6. The summed E-state index contributed by atoms with van der Waals surface area (Å²) in [4.78, 5) is 15.9. The number of pyridine rings is 1. The molecule has 1 aromatic heterocycles. The predicted octanol–water partition coefficient (Wildman–Crippen LogP) is 4.82. The van der Waals surface area contributed by atoms with Crippen molar-refractivity contribution in [2.45, 2.75) is 20.8 Å². The average molecular weight is 337 g/mol. The van der Waals surface area contributed by atoms with Gasteiger partial charge in [0.2, 0.25) is 0 Å². The molecule has 0 atom stereocenters. The number of fused-ring (bicyclic) bond motifs is 1. The number of benzene rings is 2. The van der Waals surface area contributed by atoms with Crippen molar-refractivity contribution >= 4 is 28.0 Å². The van der Waals surface area contributed by atoms with Gasteiger partial charge in [-0.05, 0) is 50.6 Å². The molecule has 0 radical (unpaired) electrons. The summed E-state index contributed by atoms with van der Waals surface area (Å²) in [5, 5.41) is 15.5. The number of nitrogens with one attached hydrogen (secondary N) is 1. The lowest BCUT2D eigenvalue weighted by molar-refractivity contribution is -0.383. The van der Waals surface area contributed by atoms with E-state index in [1.807, 2.05) is 44.2 Å². The summed E-state index contributed by atoms with van der Waals surface area (Å²) in [7, 11) is 1.59. The van der Waals surface area contributed by atoms with Crippen molar-refractivity contribution in [1.29, 1.82) is 0 Å². The van der Waals surface area contributed by atoms with Crippen molar-refractivity contribution in [3.8, 4) is 5.75 Å². The lowest BCUT2D eigenvalue weighted by Crippen LogP contribution is -2.02. The molecule has 0 unspecified atom stereocenters. The molecular weight excluding hydrogens is 318 g/mol. The minimum atomic E-state index is -0.346. The number of methoxy groups -OCH3 is 1. The highest BCUT2D eigenvalue weighted by molar-refractivity contribution is 6.02. The van der Waals surface area contributed by atoms with Crippen molar-refractivity contribution in [1.82, 2.24) is 4.98 Å². The van der Waals surface area contributed by atoms with Crippen LogP contribution < -0.4 is 10.1 Å². The maximum atomic E-state index is 11.7. The Morgan fingerprint density at radius 2 is 1.80 bits per heavy atom. The molecule has 1 heterocycles. The van der Waals surface area contributed by atoms with Crippen molar-refractivity contribution in [3.05, 3.63) is 63.3 Å². The van der Waals surface area contributed by atoms with Crippen LogP contribution in [0.25, 0.3) is 10.9 Å². The zero-order chi connectivity index (χ0) is 18.1. The van der Waals surface area contributed by atoms with Gasteiger partial charge in [-0.2, -0.15) is 0 Å². The SMILES string of the molecule is COc1ccccc1Nc1cc(C)nc2c(C)cc(C)c([N+](=O)[O-])c12. The van der Waals surface area contributed by atoms with Gasteiger partial charge in [-0.1, -0.05) is 12.1 Å². The van der Waals surface area contributed by atoms with Gasteiger partial charge < -0.3 is 10.1 Å². The zero-order valence-corrected chi connectivity index (χ0v) is 14.6. The molecule has 0 saturated carbocycles. The largest absolute Gasteiger partial charge is 0.495 e. The van der Waals surface area contributed by atoms with Gasteiger partial charge in [0.25, 0.3) is 5.69 Å². The third-order valence-corrected chi connectivity index (χ3v) is 4.12. The lowest BCUT2D eigenvalue weighted by atomic mass is 10.0. The molecule has 0 aliphatic rings. The molecule has 6 heteroatoms. The van der Waals surface area contributed by atoms with Gasteiger partial charge in [-0.25, -0.2) is 0 Å². The molecule has 3 rings (SSSR count). The molecule has 2 aromatic carbocycles. The third-order valence-electron chi connectivity index (χ3n) is 4.12. The first kappa shape index (κ1) is 16.7. The fourth-order valence-electron chi connectivity index (χ4n) is 3.08. The van der Waals surface area contributed by atoms with Crippen LogP contribution in [-0.4, -0.2) is 17.0 Å². The third kappa shape index (κ3) is 2.98. The number of nitro benzene ring substituents is 1. The van der Waals surface area contributed by atoms with E-state index in [9.17, 15) is 10.1 Å². The highest BCUT2D eigenvalue weighted by Gasteiger charge is 2.22. The van der Waals surface area contributed by atoms with E-state index >= 15 is 0 Å². The van der Waals surface area contributed by atoms with Crippen molar-refractivity contribution in [3.63, 3.8) is 0 Å². The Balaban J connectivity index is 2.32. The van der Waals surface area contributed by atoms with E-state index in [1.165, 1.54) is 0 Å². The predicted molar refractivity (Wildman–Crippen MR) is 98.9 cm³/mol. The zero-order valence-electron chi connectivity index (χ0n) is 14.6. The van der Waals surface area contributed by atoms with Gasteiger partial charge in [0.05, 0.1) is 28.9 Å². The number of aromatic nitrogens is 1. The molecular formula is C19H19N3O3. The number of hydrogen-bond acceptors (Lipinski definition) is 5. The van der Waals surface area contributed by atoms with E-state index in [0.29, 0.717) is 27.9 Å². The number of para-hydroxylation sites is 2. The van der Waals surface area contributed by atoms with Crippen LogP contribution in [0.15, 0.2) is 36.4 Å². The Morgan fingerprint density at radius 3 is 2.48 bits per heavy atom. The summed E-state index contributed by atoms with van der Waals surface area (Å²) in [6, 6.07) is 11.1. The molecule has 0 amide bonds. The molecule has 25 heavy (non-hydrogen) atoms. The first-order valence-electron chi connectivity index (χ1n) is 7.88. The molecule has 6 nitrogen and oxygen atoms in total. The molecule has 0 fully saturated rings.